The molecule has 3 aromatic rings. The van der Waals surface area contributed by atoms with E-state index in [2.05, 4.69) is 16.5 Å². The summed E-state index contributed by atoms with van der Waals surface area (Å²) in [5.74, 6) is 1.54. The van der Waals surface area contributed by atoms with Crippen LogP contribution in [0.1, 0.15) is 41.9 Å². The molecular formula is C21H24N4O. The van der Waals surface area contributed by atoms with Crippen LogP contribution in [-0.2, 0) is 6.54 Å². The van der Waals surface area contributed by atoms with Crippen molar-refractivity contribution < 1.29 is 4.79 Å². The number of benzene rings is 1. The van der Waals surface area contributed by atoms with Gasteiger partial charge in [0.2, 0.25) is 0 Å². The van der Waals surface area contributed by atoms with Crippen LogP contribution < -0.4 is 0 Å². The first kappa shape index (κ1) is 16.6. The summed E-state index contributed by atoms with van der Waals surface area (Å²) in [7, 11) is 0. The van der Waals surface area contributed by atoms with Gasteiger partial charge in [-0.2, -0.15) is 0 Å². The molecule has 0 bridgehead atoms. The molecule has 1 atom stereocenters. The van der Waals surface area contributed by atoms with Gasteiger partial charge in [0.1, 0.15) is 5.82 Å². The number of aromatic nitrogens is 3. The molecule has 1 saturated heterocycles. The number of amides is 1. The summed E-state index contributed by atoms with van der Waals surface area (Å²) >= 11 is 0. The minimum Gasteiger partial charge on any atom is -0.338 e. The lowest BCUT2D eigenvalue weighted by Crippen LogP contribution is -2.39. The predicted octanol–water partition coefficient (Wildman–Crippen LogP) is 3.71. The maximum Gasteiger partial charge on any atom is 0.253 e. The molecule has 0 radical (unpaired) electrons. The third-order valence-electron chi connectivity index (χ3n) is 5.18. The largest absolute Gasteiger partial charge is 0.338 e. The topological polar surface area (TPSA) is 43.1 Å². The van der Waals surface area contributed by atoms with Gasteiger partial charge in [0.05, 0.1) is 0 Å². The van der Waals surface area contributed by atoms with E-state index in [-0.39, 0.29) is 5.91 Å². The second kappa shape index (κ2) is 7.20. The second-order valence-corrected chi connectivity index (χ2v) is 6.80. The first-order valence-electron chi connectivity index (χ1n) is 9.30. The molecule has 5 heteroatoms. The quantitative estimate of drug-likeness (QED) is 0.721. The number of nitrogens with zero attached hydrogens (tertiary/aromatic N) is 4. The number of piperidine rings is 1. The lowest BCUT2D eigenvalue weighted by Gasteiger charge is -2.32. The zero-order chi connectivity index (χ0) is 17.9. The Morgan fingerprint density at radius 2 is 1.92 bits per heavy atom. The molecule has 5 nitrogen and oxygen atoms in total. The Morgan fingerprint density at radius 1 is 1.15 bits per heavy atom. The van der Waals surface area contributed by atoms with Crippen molar-refractivity contribution in [3.63, 3.8) is 0 Å². The number of carbonyl (C=O) groups is 1. The van der Waals surface area contributed by atoms with E-state index in [9.17, 15) is 4.79 Å². The molecule has 0 saturated carbocycles. The van der Waals surface area contributed by atoms with E-state index < -0.39 is 0 Å². The predicted molar refractivity (Wildman–Crippen MR) is 102 cm³/mol. The van der Waals surface area contributed by atoms with Crippen LogP contribution in [0.5, 0.6) is 0 Å². The fourth-order valence-electron chi connectivity index (χ4n) is 3.79. The van der Waals surface area contributed by atoms with Gasteiger partial charge in [-0.1, -0.05) is 0 Å². The molecule has 26 heavy (non-hydrogen) atoms. The fraction of sp³-hybridized carbons (Fsp3) is 0.333. The Morgan fingerprint density at radius 3 is 2.65 bits per heavy atom. The van der Waals surface area contributed by atoms with Crippen molar-refractivity contribution >= 4 is 5.91 Å². The van der Waals surface area contributed by atoms with Crippen LogP contribution in [0.2, 0.25) is 0 Å². The molecule has 1 unspecified atom stereocenters. The molecule has 134 valence electrons. The Balaban J connectivity index is 1.49. The van der Waals surface area contributed by atoms with E-state index in [1.165, 1.54) is 0 Å². The number of imidazole rings is 1. The zero-order valence-electron chi connectivity index (χ0n) is 15.1. The smallest absolute Gasteiger partial charge is 0.253 e. The van der Waals surface area contributed by atoms with Gasteiger partial charge >= 0.3 is 0 Å². The highest BCUT2D eigenvalue weighted by Gasteiger charge is 2.27. The number of aryl methyl sites for hydroxylation is 1. The Bertz CT molecular complexity index is 864. The summed E-state index contributed by atoms with van der Waals surface area (Å²) in [4.78, 5) is 19.5. The van der Waals surface area contributed by atoms with Crippen molar-refractivity contribution in [1.29, 1.82) is 0 Å². The maximum atomic E-state index is 13.0. The monoisotopic (exact) mass is 348 g/mol. The van der Waals surface area contributed by atoms with Crippen LogP contribution in [0, 0.1) is 0 Å². The molecule has 0 N–H and O–H groups in total. The van der Waals surface area contributed by atoms with Crippen molar-refractivity contribution in [2.24, 2.45) is 0 Å². The second-order valence-electron chi connectivity index (χ2n) is 6.80. The fourth-order valence-corrected chi connectivity index (χ4v) is 3.79. The molecule has 0 aliphatic carbocycles. The number of hydrogen-bond acceptors (Lipinski definition) is 2. The highest BCUT2D eigenvalue weighted by atomic mass is 16.2. The van der Waals surface area contributed by atoms with Crippen LogP contribution >= 0.6 is 0 Å². The van der Waals surface area contributed by atoms with Crippen molar-refractivity contribution in [1.82, 2.24) is 19.0 Å². The Kier molecular flexibility index (Phi) is 4.61. The summed E-state index contributed by atoms with van der Waals surface area (Å²) in [6.07, 6.45) is 10.0. The van der Waals surface area contributed by atoms with Crippen molar-refractivity contribution in [2.45, 2.75) is 32.2 Å². The molecule has 3 heterocycles. The van der Waals surface area contributed by atoms with Crippen LogP contribution in [-0.4, -0.2) is 38.0 Å². The highest BCUT2D eigenvalue weighted by molar-refractivity contribution is 5.94. The Labute approximate surface area is 153 Å². The van der Waals surface area contributed by atoms with Gasteiger partial charge < -0.3 is 14.0 Å². The summed E-state index contributed by atoms with van der Waals surface area (Å²) in [5, 5.41) is 0. The lowest BCUT2D eigenvalue weighted by molar-refractivity contribution is 0.0703. The van der Waals surface area contributed by atoms with E-state index in [1.54, 1.807) is 0 Å². The van der Waals surface area contributed by atoms with E-state index in [0.29, 0.717) is 5.92 Å². The number of rotatable bonds is 4. The molecule has 0 spiro atoms. The summed E-state index contributed by atoms with van der Waals surface area (Å²) in [5.41, 5.74) is 1.81. The van der Waals surface area contributed by atoms with Crippen LogP contribution in [0.3, 0.4) is 0 Å². The Hall–Kier alpha value is -2.82. The van der Waals surface area contributed by atoms with Crippen LogP contribution in [0.25, 0.3) is 5.69 Å². The minimum atomic E-state index is 0.114. The van der Waals surface area contributed by atoms with E-state index in [4.69, 9.17) is 0 Å². The highest BCUT2D eigenvalue weighted by Crippen LogP contribution is 2.27. The van der Waals surface area contributed by atoms with Gasteiger partial charge in [-0.15, -0.1) is 0 Å². The minimum absolute atomic E-state index is 0.114. The molecule has 1 amide bonds. The summed E-state index contributed by atoms with van der Waals surface area (Å²) in [6, 6.07) is 11.8. The lowest BCUT2D eigenvalue weighted by atomic mass is 9.96. The number of hydrogen-bond donors (Lipinski definition) is 0. The third kappa shape index (κ3) is 3.17. The third-order valence-corrected chi connectivity index (χ3v) is 5.18. The standard InChI is InChI=1S/C21H24N4O/c1-2-23-15-11-22-20(23)18-6-5-14-25(16-18)21(26)17-7-9-19(10-8-17)24-12-3-4-13-24/h3-4,7-13,15,18H,2,5-6,14,16H2,1H3. The van der Waals surface area contributed by atoms with Gasteiger partial charge in [-0.3, -0.25) is 4.79 Å². The van der Waals surface area contributed by atoms with Gasteiger partial charge in [-0.05, 0) is 56.2 Å². The van der Waals surface area contributed by atoms with E-state index >= 15 is 0 Å². The van der Waals surface area contributed by atoms with Gasteiger partial charge in [0.15, 0.2) is 0 Å². The number of carbonyl (C=O) groups excluding carboxylic acids is 1. The maximum absolute atomic E-state index is 13.0. The normalized spacial score (nSPS) is 17.4. The molecule has 1 aliphatic rings. The first-order chi connectivity index (χ1) is 12.8. The van der Waals surface area contributed by atoms with Crippen molar-refractivity contribution in [3.05, 3.63) is 72.6 Å². The average molecular weight is 348 g/mol. The van der Waals surface area contributed by atoms with Crippen molar-refractivity contribution in [2.75, 3.05) is 13.1 Å². The molecule has 1 fully saturated rings. The molecule has 1 aliphatic heterocycles. The molecule has 2 aromatic heterocycles. The SMILES string of the molecule is CCn1ccnc1C1CCCN(C(=O)c2ccc(-n3cccc3)cc2)C1. The van der Waals surface area contributed by atoms with Gasteiger partial charge in [0, 0.05) is 61.6 Å². The van der Waals surface area contributed by atoms with Crippen molar-refractivity contribution in [3.8, 4) is 5.69 Å². The first-order valence-corrected chi connectivity index (χ1v) is 9.30. The van der Waals surface area contributed by atoms with Gasteiger partial charge in [-0.25, -0.2) is 4.98 Å². The van der Waals surface area contributed by atoms with Crippen LogP contribution in [0.4, 0.5) is 0 Å². The summed E-state index contributed by atoms with van der Waals surface area (Å²) < 4.78 is 4.22. The molecular weight excluding hydrogens is 324 g/mol. The zero-order valence-corrected chi connectivity index (χ0v) is 15.1. The van der Waals surface area contributed by atoms with E-state index in [1.807, 2.05) is 70.7 Å². The number of likely N-dealkylation sites (tertiary alicyclic amines) is 1. The average Bonchev–Trinajstić information content (AvgIpc) is 3.39. The van der Waals surface area contributed by atoms with Crippen LogP contribution in [0.15, 0.2) is 61.2 Å². The van der Waals surface area contributed by atoms with E-state index in [0.717, 1.165) is 49.6 Å². The molecule has 1 aromatic carbocycles. The van der Waals surface area contributed by atoms with Gasteiger partial charge in [0.25, 0.3) is 5.91 Å². The summed E-state index contributed by atoms with van der Waals surface area (Å²) in [6.45, 7) is 4.61. The molecule has 4 rings (SSSR count).